The Labute approximate surface area is 249 Å². The van der Waals surface area contributed by atoms with Crippen molar-refractivity contribution in [2.24, 2.45) is 0 Å². The summed E-state index contributed by atoms with van der Waals surface area (Å²) in [6.07, 6.45) is 6.28. The van der Waals surface area contributed by atoms with Crippen molar-refractivity contribution >= 4 is 47.4 Å². The molecule has 0 saturated carbocycles. The number of aliphatic carboxylic acids is 1. The lowest BCUT2D eigenvalue weighted by Crippen LogP contribution is -2.71. The lowest BCUT2D eigenvalue weighted by molar-refractivity contribution is -0.161. The van der Waals surface area contributed by atoms with E-state index in [2.05, 4.69) is 17.6 Å². The smallest absolute Gasteiger partial charge is 0.327 e. The number of nitrogens with one attached hydrogen (secondary N) is 2. The summed E-state index contributed by atoms with van der Waals surface area (Å²) in [4.78, 5) is 80.6. The second-order valence-electron chi connectivity index (χ2n) is 11.4. The van der Waals surface area contributed by atoms with Gasteiger partial charge in [-0.25, -0.2) is 9.59 Å². The van der Waals surface area contributed by atoms with Gasteiger partial charge in [-0.1, -0.05) is 69.4 Å². The molecule has 0 bridgehead atoms. The molecule has 228 valence electrons. The maximum Gasteiger partial charge on any atom is 0.327 e. The normalized spacial score (nSPS) is 23.7. The van der Waals surface area contributed by atoms with Crippen LogP contribution in [-0.4, -0.2) is 97.3 Å². The van der Waals surface area contributed by atoms with Crippen molar-refractivity contribution in [2.75, 3.05) is 19.6 Å². The number of amides is 6. The van der Waals surface area contributed by atoms with E-state index in [1.165, 1.54) is 28.0 Å². The molecule has 42 heavy (non-hydrogen) atoms. The van der Waals surface area contributed by atoms with Gasteiger partial charge in [0, 0.05) is 24.4 Å². The number of benzene rings is 1. The minimum Gasteiger partial charge on any atom is -0.480 e. The lowest BCUT2D eigenvalue weighted by Gasteiger charge is -2.44. The molecule has 3 aliphatic heterocycles. The molecule has 1 aromatic rings. The zero-order valence-corrected chi connectivity index (χ0v) is 25.0. The van der Waals surface area contributed by atoms with Crippen molar-refractivity contribution in [3.05, 3.63) is 35.9 Å². The Bertz CT molecular complexity index is 1230. The minimum absolute atomic E-state index is 0.00415. The summed E-state index contributed by atoms with van der Waals surface area (Å²) in [5.41, 5.74) is 0.412. The maximum atomic E-state index is 13.5. The van der Waals surface area contributed by atoms with Crippen molar-refractivity contribution in [3.8, 4) is 0 Å². The highest BCUT2D eigenvalue weighted by Gasteiger charge is 2.64. The standard InChI is InChI=1S/C29H39N5O7S/c1-4-5-6-7-8-12-15-32-16-17-33(25(38)24(32)37)28(41)31-19(18-13-10-9-11-14-18)22(35)30-20-23(36)34-21(27(39)40)29(2,3)42-26(20)34/h9-11,13-14,19-21,26H,4-8,12,15-17H2,1-3H3,(H,30,35)(H,31,41)(H,39,40)/t19?,20?,21-,26+/m0/s1. The SMILES string of the molecule is CCCCCCCCN1CCN(C(=O)NC(C(=O)NC2C(=O)N3[C@@H]2SC(C)(C)[C@@H]3C(=O)O)c2ccccc2)C(=O)C1=O. The molecule has 3 N–H and O–H groups in total. The highest BCUT2D eigenvalue weighted by atomic mass is 32.2. The van der Waals surface area contributed by atoms with Gasteiger partial charge < -0.3 is 25.5 Å². The summed E-state index contributed by atoms with van der Waals surface area (Å²) < 4.78 is -0.761. The summed E-state index contributed by atoms with van der Waals surface area (Å²) in [5.74, 6) is -4.02. The largest absolute Gasteiger partial charge is 0.480 e. The van der Waals surface area contributed by atoms with Crippen LogP contribution in [0.15, 0.2) is 30.3 Å². The molecule has 1 aromatic carbocycles. The van der Waals surface area contributed by atoms with Crippen LogP contribution in [0.4, 0.5) is 4.79 Å². The average Bonchev–Trinajstić information content (AvgIpc) is 3.22. The number of nitrogens with zero attached hydrogens (tertiary/aromatic N) is 3. The van der Waals surface area contributed by atoms with E-state index >= 15 is 0 Å². The summed E-state index contributed by atoms with van der Waals surface area (Å²) in [5, 5.41) is 14.3. The molecule has 4 atom stereocenters. The van der Waals surface area contributed by atoms with Crippen LogP contribution in [0, 0.1) is 0 Å². The number of imide groups is 1. The number of carboxylic acid groups (broad SMARTS) is 1. The van der Waals surface area contributed by atoms with Gasteiger partial charge in [-0.2, -0.15) is 0 Å². The van der Waals surface area contributed by atoms with E-state index in [1.807, 2.05) is 0 Å². The van der Waals surface area contributed by atoms with E-state index in [9.17, 15) is 33.9 Å². The van der Waals surface area contributed by atoms with E-state index in [-0.39, 0.29) is 13.1 Å². The molecule has 0 aromatic heterocycles. The molecule has 0 spiro atoms. The van der Waals surface area contributed by atoms with Gasteiger partial charge in [-0.3, -0.25) is 24.1 Å². The second kappa shape index (κ2) is 13.1. The van der Waals surface area contributed by atoms with Crippen LogP contribution in [-0.2, 0) is 24.0 Å². The predicted octanol–water partition coefficient (Wildman–Crippen LogP) is 2.10. The number of rotatable bonds is 12. The molecular formula is C29H39N5O7S. The first-order chi connectivity index (χ1) is 20.0. The third-order valence-corrected chi connectivity index (χ3v) is 9.54. The number of piperazine rings is 1. The highest BCUT2D eigenvalue weighted by Crippen LogP contribution is 2.50. The number of carboxylic acids is 1. The molecule has 6 amide bonds. The van der Waals surface area contributed by atoms with Crippen LogP contribution >= 0.6 is 11.8 Å². The molecule has 3 fully saturated rings. The quantitative estimate of drug-likeness (QED) is 0.187. The van der Waals surface area contributed by atoms with E-state index in [4.69, 9.17) is 0 Å². The average molecular weight is 602 g/mol. The number of carbonyl (C=O) groups excluding carboxylic acids is 5. The first-order valence-electron chi connectivity index (χ1n) is 14.5. The highest BCUT2D eigenvalue weighted by molar-refractivity contribution is 8.01. The Hall–Kier alpha value is -3.61. The summed E-state index contributed by atoms with van der Waals surface area (Å²) in [6, 6.07) is 4.20. The Morgan fingerprint density at radius 1 is 1.00 bits per heavy atom. The van der Waals surface area contributed by atoms with E-state index in [0.717, 1.165) is 37.0 Å². The molecule has 3 saturated heterocycles. The molecule has 0 radical (unpaired) electrons. The Morgan fingerprint density at radius 3 is 2.33 bits per heavy atom. The maximum absolute atomic E-state index is 13.5. The van der Waals surface area contributed by atoms with Crippen LogP contribution in [0.1, 0.15) is 70.9 Å². The molecule has 3 heterocycles. The molecule has 2 unspecified atom stereocenters. The number of unbranched alkanes of at least 4 members (excludes halogenated alkanes) is 5. The zero-order valence-electron chi connectivity index (χ0n) is 24.2. The van der Waals surface area contributed by atoms with Gasteiger partial charge >= 0.3 is 23.8 Å². The van der Waals surface area contributed by atoms with Crippen LogP contribution in [0.25, 0.3) is 0 Å². The van der Waals surface area contributed by atoms with Crippen molar-refractivity contribution in [1.82, 2.24) is 25.3 Å². The zero-order chi connectivity index (χ0) is 30.6. The topological polar surface area (TPSA) is 156 Å². The summed E-state index contributed by atoms with van der Waals surface area (Å²) >= 11 is 1.29. The molecule has 12 nitrogen and oxygen atoms in total. The van der Waals surface area contributed by atoms with Gasteiger partial charge in [0.05, 0.1) is 0 Å². The number of hydrogen-bond donors (Lipinski definition) is 3. The van der Waals surface area contributed by atoms with Crippen LogP contribution in [0.3, 0.4) is 0 Å². The van der Waals surface area contributed by atoms with Gasteiger partial charge in [0.15, 0.2) is 0 Å². The fraction of sp³-hybridized carbons (Fsp3) is 0.586. The Morgan fingerprint density at radius 2 is 1.67 bits per heavy atom. The van der Waals surface area contributed by atoms with E-state index in [1.54, 1.807) is 44.2 Å². The monoisotopic (exact) mass is 601 g/mol. The first kappa shape index (κ1) is 31.3. The van der Waals surface area contributed by atoms with Crippen molar-refractivity contribution in [2.45, 2.75) is 87.5 Å². The van der Waals surface area contributed by atoms with Gasteiger partial charge in [0.2, 0.25) is 11.8 Å². The predicted molar refractivity (Wildman–Crippen MR) is 155 cm³/mol. The first-order valence-corrected chi connectivity index (χ1v) is 15.3. The summed E-state index contributed by atoms with van der Waals surface area (Å²) in [6.45, 7) is 6.27. The Kier molecular flexibility index (Phi) is 9.80. The molecule has 13 heteroatoms. The third kappa shape index (κ3) is 6.40. The van der Waals surface area contributed by atoms with Gasteiger partial charge in [-0.15, -0.1) is 11.8 Å². The van der Waals surface area contributed by atoms with Gasteiger partial charge in [0.1, 0.15) is 23.5 Å². The van der Waals surface area contributed by atoms with E-state index in [0.29, 0.717) is 12.1 Å². The Balaban J connectivity index is 1.39. The third-order valence-electron chi connectivity index (χ3n) is 7.97. The number of β-lactam (4-membered cyclic amide) rings is 1. The second-order valence-corrected chi connectivity index (χ2v) is 13.2. The minimum atomic E-state index is -1.26. The molecular weight excluding hydrogens is 562 g/mol. The number of hydrogen-bond acceptors (Lipinski definition) is 7. The number of fused-ring (bicyclic) bond motifs is 1. The molecule has 0 aliphatic carbocycles. The molecule has 3 aliphatic rings. The van der Waals surface area contributed by atoms with Crippen molar-refractivity contribution in [1.29, 1.82) is 0 Å². The van der Waals surface area contributed by atoms with Crippen molar-refractivity contribution in [3.63, 3.8) is 0 Å². The number of urea groups is 1. The number of thioether (sulfide) groups is 1. The van der Waals surface area contributed by atoms with Crippen LogP contribution in [0.2, 0.25) is 0 Å². The summed E-state index contributed by atoms with van der Waals surface area (Å²) in [7, 11) is 0. The molecule has 4 rings (SSSR count). The lowest BCUT2D eigenvalue weighted by atomic mass is 9.95. The van der Waals surface area contributed by atoms with E-state index < -0.39 is 63.9 Å². The van der Waals surface area contributed by atoms with Crippen LogP contribution < -0.4 is 10.6 Å². The van der Waals surface area contributed by atoms with Gasteiger partial charge in [0.25, 0.3) is 0 Å². The van der Waals surface area contributed by atoms with Gasteiger partial charge in [-0.05, 0) is 25.8 Å². The fourth-order valence-electron chi connectivity index (χ4n) is 5.69. The van der Waals surface area contributed by atoms with Crippen molar-refractivity contribution < 1.29 is 33.9 Å². The number of carbonyl (C=O) groups is 6. The fourth-order valence-corrected chi connectivity index (χ4v) is 7.32. The van der Waals surface area contributed by atoms with Crippen LogP contribution in [0.5, 0.6) is 0 Å².